The summed E-state index contributed by atoms with van der Waals surface area (Å²) in [7, 11) is -3.44. The molecular weight excluding hydrogens is 346 g/mol. The minimum Gasteiger partial charge on any atom is -0.488 e. The molecule has 0 N–H and O–H groups in total. The SMILES string of the molecule is C=C(Br)COc1ccc(S(=O)(=O)N2CCOCC2)cc1. The number of sulfonamides is 1. The van der Waals surface area contributed by atoms with Gasteiger partial charge in [0.25, 0.3) is 0 Å². The van der Waals surface area contributed by atoms with Crippen LogP contribution >= 0.6 is 15.9 Å². The van der Waals surface area contributed by atoms with Crippen molar-refractivity contribution in [3.05, 3.63) is 35.3 Å². The van der Waals surface area contributed by atoms with Gasteiger partial charge in [-0.1, -0.05) is 22.5 Å². The van der Waals surface area contributed by atoms with Gasteiger partial charge >= 0.3 is 0 Å². The second-order valence-corrected chi connectivity index (χ2v) is 7.35. The van der Waals surface area contributed by atoms with Gasteiger partial charge in [-0.05, 0) is 24.3 Å². The molecule has 0 aromatic heterocycles. The summed E-state index contributed by atoms with van der Waals surface area (Å²) in [4.78, 5) is 0.268. The van der Waals surface area contributed by atoms with Crippen LogP contribution in [0.3, 0.4) is 0 Å². The van der Waals surface area contributed by atoms with Gasteiger partial charge in [0.2, 0.25) is 10.0 Å². The van der Waals surface area contributed by atoms with E-state index in [0.29, 0.717) is 38.7 Å². The molecule has 1 saturated heterocycles. The highest BCUT2D eigenvalue weighted by atomic mass is 79.9. The predicted octanol–water partition coefficient (Wildman–Crippen LogP) is 1.99. The summed E-state index contributed by atoms with van der Waals surface area (Å²) < 4.78 is 37.5. The van der Waals surface area contributed by atoms with Crippen molar-refractivity contribution in [2.24, 2.45) is 0 Å². The van der Waals surface area contributed by atoms with Crippen molar-refractivity contribution in [1.82, 2.24) is 4.31 Å². The predicted molar refractivity (Wildman–Crippen MR) is 79.6 cm³/mol. The number of nitrogens with zero attached hydrogens (tertiary/aromatic N) is 1. The zero-order chi connectivity index (χ0) is 14.6. The van der Waals surface area contributed by atoms with Crippen LogP contribution in [0.4, 0.5) is 0 Å². The summed E-state index contributed by atoms with van der Waals surface area (Å²) in [6.07, 6.45) is 0. The van der Waals surface area contributed by atoms with Gasteiger partial charge in [-0.15, -0.1) is 0 Å². The first kappa shape index (κ1) is 15.5. The Bertz CT molecular complexity index is 565. The molecule has 0 unspecified atom stereocenters. The lowest BCUT2D eigenvalue weighted by Crippen LogP contribution is -2.40. The molecule has 1 aromatic rings. The molecule has 5 nitrogen and oxygen atoms in total. The molecule has 0 aliphatic carbocycles. The highest BCUT2D eigenvalue weighted by molar-refractivity contribution is 9.11. The average molecular weight is 362 g/mol. The van der Waals surface area contributed by atoms with Gasteiger partial charge in [0.1, 0.15) is 12.4 Å². The van der Waals surface area contributed by atoms with E-state index in [9.17, 15) is 8.42 Å². The van der Waals surface area contributed by atoms with Crippen molar-refractivity contribution in [2.75, 3.05) is 32.9 Å². The maximum atomic E-state index is 12.4. The Morgan fingerprint density at radius 2 is 1.90 bits per heavy atom. The fourth-order valence-electron chi connectivity index (χ4n) is 1.81. The van der Waals surface area contributed by atoms with E-state index >= 15 is 0 Å². The van der Waals surface area contributed by atoms with Gasteiger partial charge < -0.3 is 9.47 Å². The molecule has 0 saturated carbocycles. The quantitative estimate of drug-likeness (QED) is 0.804. The Kier molecular flexibility index (Phi) is 5.20. The summed E-state index contributed by atoms with van der Waals surface area (Å²) >= 11 is 3.20. The van der Waals surface area contributed by atoms with Crippen molar-refractivity contribution in [1.29, 1.82) is 0 Å². The van der Waals surface area contributed by atoms with Crippen LogP contribution < -0.4 is 4.74 Å². The Balaban J connectivity index is 2.10. The first-order valence-electron chi connectivity index (χ1n) is 6.14. The lowest BCUT2D eigenvalue weighted by atomic mass is 10.3. The first-order valence-corrected chi connectivity index (χ1v) is 8.37. The number of halogens is 1. The van der Waals surface area contributed by atoms with Crippen molar-refractivity contribution in [3.8, 4) is 5.75 Å². The number of morpholine rings is 1. The highest BCUT2D eigenvalue weighted by Gasteiger charge is 2.26. The van der Waals surface area contributed by atoms with E-state index in [-0.39, 0.29) is 4.90 Å². The first-order chi connectivity index (χ1) is 9.50. The maximum Gasteiger partial charge on any atom is 0.243 e. The van der Waals surface area contributed by atoms with Crippen LogP contribution in [0, 0.1) is 0 Å². The third-order valence-corrected chi connectivity index (χ3v) is 4.97. The third-order valence-electron chi connectivity index (χ3n) is 2.83. The molecule has 0 amide bonds. The molecule has 0 spiro atoms. The van der Waals surface area contributed by atoms with E-state index in [0.717, 1.165) is 4.48 Å². The number of ether oxygens (including phenoxy) is 2. The molecule has 1 aliphatic rings. The van der Waals surface area contributed by atoms with Gasteiger partial charge in [-0.3, -0.25) is 0 Å². The summed E-state index contributed by atoms with van der Waals surface area (Å²) in [5, 5.41) is 0. The Morgan fingerprint density at radius 1 is 1.30 bits per heavy atom. The molecular formula is C13H16BrNO4S. The molecule has 7 heteroatoms. The van der Waals surface area contributed by atoms with E-state index in [2.05, 4.69) is 22.5 Å². The van der Waals surface area contributed by atoms with Gasteiger partial charge in [0.05, 0.1) is 18.1 Å². The van der Waals surface area contributed by atoms with Gasteiger partial charge in [-0.25, -0.2) is 8.42 Å². The number of hydrogen-bond donors (Lipinski definition) is 0. The highest BCUT2D eigenvalue weighted by Crippen LogP contribution is 2.21. The summed E-state index contributed by atoms with van der Waals surface area (Å²) in [6.45, 7) is 5.67. The number of hydrogen-bond acceptors (Lipinski definition) is 4. The molecule has 20 heavy (non-hydrogen) atoms. The molecule has 0 atom stereocenters. The molecule has 2 rings (SSSR count). The van der Waals surface area contributed by atoms with Crippen molar-refractivity contribution in [2.45, 2.75) is 4.90 Å². The standard InChI is InChI=1S/C13H16BrNO4S/c1-11(14)10-19-12-2-4-13(5-3-12)20(16,17)15-6-8-18-9-7-15/h2-5H,1,6-10H2. The molecule has 1 heterocycles. The Labute approximate surface area is 127 Å². The second-order valence-electron chi connectivity index (χ2n) is 4.29. The normalized spacial score (nSPS) is 16.9. The Hall–Kier alpha value is -0.890. The zero-order valence-corrected chi connectivity index (χ0v) is 13.3. The minimum absolute atomic E-state index is 0.268. The second kappa shape index (κ2) is 6.71. The van der Waals surface area contributed by atoms with E-state index < -0.39 is 10.0 Å². The molecule has 0 radical (unpaired) electrons. The number of benzene rings is 1. The summed E-state index contributed by atoms with van der Waals surface area (Å²) in [5.74, 6) is 0.603. The van der Waals surface area contributed by atoms with Crippen LogP contribution in [0.2, 0.25) is 0 Å². The molecule has 0 bridgehead atoms. The van der Waals surface area contributed by atoms with Crippen LogP contribution in [-0.4, -0.2) is 45.6 Å². The lowest BCUT2D eigenvalue weighted by molar-refractivity contribution is 0.0730. The molecule has 1 aliphatic heterocycles. The van der Waals surface area contributed by atoms with Gasteiger partial charge in [-0.2, -0.15) is 4.31 Å². The van der Waals surface area contributed by atoms with E-state index in [1.165, 1.54) is 4.31 Å². The lowest BCUT2D eigenvalue weighted by Gasteiger charge is -2.26. The largest absolute Gasteiger partial charge is 0.488 e. The molecule has 1 aromatic carbocycles. The van der Waals surface area contributed by atoms with Crippen molar-refractivity contribution >= 4 is 26.0 Å². The van der Waals surface area contributed by atoms with E-state index in [4.69, 9.17) is 9.47 Å². The van der Waals surface area contributed by atoms with Crippen LogP contribution in [-0.2, 0) is 14.8 Å². The fourth-order valence-corrected chi connectivity index (χ4v) is 3.33. The topological polar surface area (TPSA) is 55.8 Å². The Morgan fingerprint density at radius 3 is 2.45 bits per heavy atom. The van der Waals surface area contributed by atoms with E-state index in [1.54, 1.807) is 24.3 Å². The van der Waals surface area contributed by atoms with Crippen LogP contribution in [0.15, 0.2) is 40.2 Å². The fraction of sp³-hybridized carbons (Fsp3) is 0.385. The van der Waals surface area contributed by atoms with Crippen molar-refractivity contribution < 1.29 is 17.9 Å². The minimum atomic E-state index is -3.44. The average Bonchev–Trinajstić information content (AvgIpc) is 2.46. The van der Waals surface area contributed by atoms with Crippen molar-refractivity contribution in [3.63, 3.8) is 0 Å². The number of rotatable bonds is 5. The maximum absolute atomic E-state index is 12.4. The summed E-state index contributed by atoms with van der Waals surface area (Å²) in [6, 6.07) is 6.39. The monoisotopic (exact) mass is 361 g/mol. The van der Waals surface area contributed by atoms with Crippen LogP contribution in [0.5, 0.6) is 5.75 Å². The molecule has 1 fully saturated rings. The van der Waals surface area contributed by atoms with Crippen LogP contribution in [0.25, 0.3) is 0 Å². The zero-order valence-electron chi connectivity index (χ0n) is 10.9. The van der Waals surface area contributed by atoms with Crippen LogP contribution in [0.1, 0.15) is 0 Å². The molecule has 110 valence electrons. The van der Waals surface area contributed by atoms with Gasteiger partial charge in [0, 0.05) is 17.6 Å². The van der Waals surface area contributed by atoms with Gasteiger partial charge in [0.15, 0.2) is 0 Å². The summed E-state index contributed by atoms with van der Waals surface area (Å²) in [5.41, 5.74) is 0. The van der Waals surface area contributed by atoms with E-state index in [1.807, 2.05) is 0 Å². The third kappa shape index (κ3) is 3.82. The smallest absolute Gasteiger partial charge is 0.243 e.